The highest BCUT2D eigenvalue weighted by Gasteiger charge is 2.47. The first kappa shape index (κ1) is 12.9. The van der Waals surface area contributed by atoms with Crippen molar-refractivity contribution in [1.82, 2.24) is 4.90 Å². The second kappa shape index (κ2) is 5.83. The van der Waals surface area contributed by atoms with Gasteiger partial charge in [-0.3, -0.25) is 4.90 Å². The van der Waals surface area contributed by atoms with Gasteiger partial charge in [-0.15, -0.1) is 0 Å². The van der Waals surface area contributed by atoms with Crippen LogP contribution in [0.3, 0.4) is 0 Å². The lowest BCUT2D eigenvalue weighted by Crippen LogP contribution is -2.64. The van der Waals surface area contributed by atoms with E-state index in [1.54, 1.807) is 7.11 Å². The number of nitrogens with two attached hydrogens (primary N) is 1. The van der Waals surface area contributed by atoms with Gasteiger partial charge >= 0.3 is 0 Å². The first-order valence-electron chi connectivity index (χ1n) is 6.20. The van der Waals surface area contributed by atoms with Gasteiger partial charge in [-0.25, -0.2) is 0 Å². The predicted octanol–water partition coefficient (Wildman–Crippen LogP) is 1.61. The zero-order chi connectivity index (χ0) is 11.3. The summed E-state index contributed by atoms with van der Waals surface area (Å²) in [6.07, 6.45) is 5.07. The minimum Gasteiger partial charge on any atom is -0.381 e. The fourth-order valence-electron chi connectivity index (χ4n) is 2.63. The van der Waals surface area contributed by atoms with E-state index in [0.29, 0.717) is 6.10 Å². The third-order valence-corrected chi connectivity index (χ3v) is 3.59. The van der Waals surface area contributed by atoms with Crippen molar-refractivity contribution in [2.75, 3.05) is 26.7 Å². The van der Waals surface area contributed by atoms with Gasteiger partial charge in [-0.05, 0) is 38.8 Å². The highest BCUT2D eigenvalue weighted by Crippen LogP contribution is 2.38. The summed E-state index contributed by atoms with van der Waals surface area (Å²) in [6, 6.07) is 0. The molecule has 0 aromatic carbocycles. The van der Waals surface area contributed by atoms with Gasteiger partial charge in [0, 0.05) is 19.2 Å². The van der Waals surface area contributed by atoms with Crippen molar-refractivity contribution in [1.29, 1.82) is 0 Å². The van der Waals surface area contributed by atoms with Crippen molar-refractivity contribution in [3.8, 4) is 0 Å². The second-order valence-corrected chi connectivity index (χ2v) is 4.68. The number of hydrogen-bond acceptors (Lipinski definition) is 3. The molecule has 1 aliphatic rings. The minimum absolute atomic E-state index is 0.243. The maximum atomic E-state index is 5.95. The van der Waals surface area contributed by atoms with Crippen LogP contribution >= 0.6 is 0 Å². The fraction of sp³-hybridized carbons (Fsp3) is 1.00. The van der Waals surface area contributed by atoms with Gasteiger partial charge in [-0.2, -0.15) is 0 Å². The van der Waals surface area contributed by atoms with Gasteiger partial charge in [0.2, 0.25) is 0 Å². The lowest BCUT2D eigenvalue weighted by atomic mass is 9.72. The van der Waals surface area contributed by atoms with Gasteiger partial charge in [0.1, 0.15) is 0 Å². The Morgan fingerprint density at radius 3 is 2.13 bits per heavy atom. The summed E-state index contributed by atoms with van der Waals surface area (Å²) in [4.78, 5) is 2.57. The van der Waals surface area contributed by atoms with Gasteiger partial charge in [0.25, 0.3) is 0 Å². The van der Waals surface area contributed by atoms with E-state index < -0.39 is 0 Å². The molecule has 0 spiro atoms. The van der Waals surface area contributed by atoms with E-state index in [1.807, 2.05) is 0 Å². The summed E-state index contributed by atoms with van der Waals surface area (Å²) < 4.78 is 5.37. The number of nitrogens with zero attached hydrogens (tertiary/aromatic N) is 1. The third-order valence-electron chi connectivity index (χ3n) is 3.59. The number of rotatable bonds is 7. The lowest BCUT2D eigenvalue weighted by Gasteiger charge is -2.53. The largest absolute Gasteiger partial charge is 0.381 e. The van der Waals surface area contributed by atoms with E-state index >= 15 is 0 Å². The molecule has 0 heterocycles. The van der Waals surface area contributed by atoms with E-state index in [1.165, 1.54) is 25.9 Å². The van der Waals surface area contributed by atoms with E-state index in [0.717, 1.165) is 19.4 Å². The number of methoxy groups -OCH3 is 1. The van der Waals surface area contributed by atoms with Crippen molar-refractivity contribution in [3.63, 3.8) is 0 Å². The van der Waals surface area contributed by atoms with E-state index in [4.69, 9.17) is 10.5 Å². The first-order valence-corrected chi connectivity index (χ1v) is 6.20. The van der Waals surface area contributed by atoms with Crippen LogP contribution in [0.1, 0.15) is 39.5 Å². The summed E-state index contributed by atoms with van der Waals surface area (Å²) >= 11 is 0. The molecule has 0 atom stereocenters. The number of hydrogen-bond donors (Lipinski definition) is 1. The molecule has 1 fully saturated rings. The smallest absolute Gasteiger partial charge is 0.0607 e. The monoisotopic (exact) mass is 214 g/mol. The number of ether oxygens (including phenoxy) is 1. The Labute approximate surface area is 94.0 Å². The molecule has 3 heteroatoms. The summed E-state index contributed by atoms with van der Waals surface area (Å²) in [5, 5.41) is 0. The summed E-state index contributed by atoms with van der Waals surface area (Å²) in [5.74, 6) is 0. The summed E-state index contributed by atoms with van der Waals surface area (Å²) in [5.41, 5.74) is 6.19. The molecular formula is C12H26N2O. The van der Waals surface area contributed by atoms with Gasteiger partial charge in [0.05, 0.1) is 6.10 Å². The summed E-state index contributed by atoms with van der Waals surface area (Å²) in [7, 11) is 1.80. The molecule has 2 N–H and O–H groups in total. The molecule has 1 saturated carbocycles. The topological polar surface area (TPSA) is 38.5 Å². The van der Waals surface area contributed by atoms with Crippen LogP contribution in [0.2, 0.25) is 0 Å². The van der Waals surface area contributed by atoms with Crippen LogP contribution in [-0.4, -0.2) is 43.3 Å². The van der Waals surface area contributed by atoms with E-state index in [2.05, 4.69) is 18.7 Å². The SMILES string of the molecule is CCCN(CCC)C1(CN)CC(OC)C1. The Kier molecular flexibility index (Phi) is 5.03. The van der Waals surface area contributed by atoms with Crippen LogP contribution in [0, 0.1) is 0 Å². The highest BCUT2D eigenvalue weighted by atomic mass is 16.5. The van der Waals surface area contributed by atoms with Crippen molar-refractivity contribution in [3.05, 3.63) is 0 Å². The average molecular weight is 214 g/mol. The molecule has 15 heavy (non-hydrogen) atoms. The van der Waals surface area contributed by atoms with Crippen molar-refractivity contribution in [2.24, 2.45) is 5.73 Å². The zero-order valence-electron chi connectivity index (χ0n) is 10.5. The molecule has 3 nitrogen and oxygen atoms in total. The van der Waals surface area contributed by atoms with Crippen molar-refractivity contribution in [2.45, 2.75) is 51.2 Å². The maximum Gasteiger partial charge on any atom is 0.0607 e. The lowest BCUT2D eigenvalue weighted by molar-refractivity contribution is -0.0872. The molecule has 1 rings (SSSR count). The van der Waals surface area contributed by atoms with Crippen molar-refractivity contribution < 1.29 is 4.74 Å². The van der Waals surface area contributed by atoms with Crippen LogP contribution in [0.5, 0.6) is 0 Å². The third kappa shape index (κ3) is 2.71. The Balaban J connectivity index is 2.54. The molecule has 0 amide bonds. The minimum atomic E-state index is 0.243. The molecule has 0 radical (unpaired) electrons. The molecule has 0 aromatic rings. The van der Waals surface area contributed by atoms with Gasteiger partial charge < -0.3 is 10.5 Å². The molecule has 1 aliphatic carbocycles. The Morgan fingerprint density at radius 1 is 1.27 bits per heavy atom. The molecule has 0 aliphatic heterocycles. The molecule has 0 unspecified atom stereocenters. The van der Waals surface area contributed by atoms with Crippen LogP contribution in [0.4, 0.5) is 0 Å². The van der Waals surface area contributed by atoms with Gasteiger partial charge in [-0.1, -0.05) is 13.8 Å². The van der Waals surface area contributed by atoms with Gasteiger partial charge in [0.15, 0.2) is 0 Å². The predicted molar refractivity (Wildman–Crippen MR) is 64.0 cm³/mol. The van der Waals surface area contributed by atoms with Crippen molar-refractivity contribution >= 4 is 0 Å². The fourth-order valence-corrected chi connectivity index (χ4v) is 2.63. The first-order chi connectivity index (χ1) is 7.22. The van der Waals surface area contributed by atoms with E-state index in [-0.39, 0.29) is 5.54 Å². The van der Waals surface area contributed by atoms with E-state index in [9.17, 15) is 0 Å². The molecule has 0 saturated heterocycles. The molecule has 0 aromatic heterocycles. The Morgan fingerprint density at radius 2 is 1.80 bits per heavy atom. The normalized spacial score (nSPS) is 30.6. The Hall–Kier alpha value is -0.120. The molecule has 0 bridgehead atoms. The van der Waals surface area contributed by atoms with Crippen LogP contribution in [-0.2, 0) is 4.74 Å². The second-order valence-electron chi connectivity index (χ2n) is 4.68. The average Bonchev–Trinajstić information content (AvgIpc) is 2.18. The van der Waals surface area contributed by atoms with Crippen LogP contribution in [0.25, 0.3) is 0 Å². The summed E-state index contributed by atoms with van der Waals surface area (Å²) in [6.45, 7) is 7.58. The van der Waals surface area contributed by atoms with Crippen LogP contribution < -0.4 is 5.73 Å². The standard InChI is InChI=1S/C12H26N2O/c1-4-6-14(7-5-2)12(10-13)8-11(9-12)15-3/h11H,4-10,13H2,1-3H3. The van der Waals surface area contributed by atoms with Crippen LogP contribution in [0.15, 0.2) is 0 Å². The zero-order valence-corrected chi connectivity index (χ0v) is 10.5. The Bertz CT molecular complexity index is 172. The maximum absolute atomic E-state index is 5.95. The molecular weight excluding hydrogens is 188 g/mol. The molecule has 90 valence electrons. The highest BCUT2D eigenvalue weighted by molar-refractivity contribution is 5.04. The quantitative estimate of drug-likeness (QED) is 0.700.